The van der Waals surface area contributed by atoms with Gasteiger partial charge in [-0.25, -0.2) is 4.39 Å². The van der Waals surface area contributed by atoms with Crippen molar-refractivity contribution in [2.45, 2.75) is 32.9 Å². The molecule has 20 heavy (non-hydrogen) atoms. The number of nitrogens with one attached hydrogen (secondary N) is 1. The van der Waals surface area contributed by atoms with Gasteiger partial charge in [-0.05, 0) is 24.6 Å². The highest BCUT2D eigenvalue weighted by Gasteiger charge is 2.25. The Morgan fingerprint density at radius 2 is 1.75 bits per heavy atom. The van der Waals surface area contributed by atoms with Crippen molar-refractivity contribution >= 4 is 10.2 Å². The van der Waals surface area contributed by atoms with Gasteiger partial charge in [-0.2, -0.15) is 17.4 Å². The second-order valence-corrected chi connectivity index (χ2v) is 6.19. The Kier molecular flexibility index (Phi) is 6.07. The summed E-state index contributed by atoms with van der Waals surface area (Å²) in [5.41, 5.74) is 0.459. The van der Waals surface area contributed by atoms with Gasteiger partial charge in [-0.15, -0.1) is 0 Å². The van der Waals surface area contributed by atoms with Crippen LogP contribution in [0.5, 0.6) is 0 Å². The molecule has 7 heteroatoms. The molecule has 0 spiro atoms. The molecule has 0 radical (unpaired) electrons. The van der Waals surface area contributed by atoms with E-state index in [2.05, 4.69) is 4.72 Å². The lowest BCUT2D eigenvalue weighted by Crippen LogP contribution is -2.46. The Bertz CT molecular complexity index is 515. The minimum atomic E-state index is -3.63. The molecule has 0 saturated heterocycles. The molecule has 0 heterocycles. The van der Waals surface area contributed by atoms with Crippen molar-refractivity contribution in [2.24, 2.45) is 0 Å². The van der Waals surface area contributed by atoms with Crippen LogP contribution < -0.4 is 4.72 Å². The average Bonchev–Trinajstić information content (AvgIpc) is 2.39. The zero-order valence-electron chi connectivity index (χ0n) is 11.9. The van der Waals surface area contributed by atoms with Gasteiger partial charge in [0.1, 0.15) is 5.82 Å². The first-order chi connectivity index (χ1) is 9.31. The highest BCUT2D eigenvalue weighted by atomic mass is 32.2. The van der Waals surface area contributed by atoms with Gasteiger partial charge < -0.3 is 5.11 Å². The third-order valence-corrected chi connectivity index (χ3v) is 4.93. The second-order valence-electron chi connectivity index (χ2n) is 4.49. The molecular weight excluding hydrogens is 283 g/mol. The molecular formula is C13H21FN2O3S. The van der Waals surface area contributed by atoms with E-state index in [9.17, 15) is 17.9 Å². The van der Waals surface area contributed by atoms with E-state index >= 15 is 0 Å². The third kappa shape index (κ3) is 4.24. The van der Waals surface area contributed by atoms with Gasteiger partial charge in [0.2, 0.25) is 0 Å². The first kappa shape index (κ1) is 17.0. The van der Waals surface area contributed by atoms with E-state index in [1.165, 1.54) is 28.6 Å². The Balaban J connectivity index is 2.80. The average molecular weight is 304 g/mol. The predicted molar refractivity (Wildman–Crippen MR) is 75.8 cm³/mol. The fourth-order valence-electron chi connectivity index (χ4n) is 1.89. The first-order valence-corrected chi connectivity index (χ1v) is 7.96. The smallest absolute Gasteiger partial charge is 0.279 e. The third-order valence-electron chi connectivity index (χ3n) is 3.07. The fraction of sp³-hybridized carbons (Fsp3) is 0.538. The number of aliphatic hydroxyl groups excluding tert-OH is 1. The number of benzene rings is 1. The van der Waals surface area contributed by atoms with E-state index in [0.29, 0.717) is 18.7 Å². The molecule has 1 aromatic carbocycles. The standard InChI is InChI=1S/C13H21FN2O3S/c1-4-16(5-2)20(18,19)15-10(3)13(17)11-6-8-12(14)9-7-11/h6-10,13,15,17H,4-5H2,1-3H3. The maximum Gasteiger partial charge on any atom is 0.279 e. The van der Waals surface area contributed by atoms with Crippen molar-refractivity contribution in [1.82, 2.24) is 9.03 Å². The molecule has 0 bridgehead atoms. The number of halogens is 1. The lowest BCUT2D eigenvalue weighted by atomic mass is 10.0. The van der Waals surface area contributed by atoms with Gasteiger partial charge in [-0.1, -0.05) is 26.0 Å². The van der Waals surface area contributed by atoms with Gasteiger partial charge in [-0.3, -0.25) is 0 Å². The normalized spacial score (nSPS) is 15.3. The van der Waals surface area contributed by atoms with Crippen LogP contribution in [-0.2, 0) is 10.2 Å². The zero-order valence-corrected chi connectivity index (χ0v) is 12.7. The van der Waals surface area contributed by atoms with Crippen LogP contribution in [0.4, 0.5) is 4.39 Å². The Morgan fingerprint density at radius 1 is 1.25 bits per heavy atom. The maximum atomic E-state index is 12.8. The SMILES string of the molecule is CCN(CC)S(=O)(=O)NC(C)C(O)c1ccc(F)cc1. The molecule has 5 nitrogen and oxygen atoms in total. The number of hydrogen-bond acceptors (Lipinski definition) is 3. The summed E-state index contributed by atoms with van der Waals surface area (Å²) in [4.78, 5) is 0. The molecule has 2 unspecified atom stereocenters. The summed E-state index contributed by atoms with van der Waals surface area (Å²) in [6.07, 6.45) is -1.04. The highest BCUT2D eigenvalue weighted by molar-refractivity contribution is 7.87. The van der Waals surface area contributed by atoms with Crippen LogP contribution in [0.15, 0.2) is 24.3 Å². The minimum Gasteiger partial charge on any atom is -0.387 e. The zero-order chi connectivity index (χ0) is 15.3. The van der Waals surface area contributed by atoms with Crippen molar-refractivity contribution in [3.05, 3.63) is 35.6 Å². The van der Waals surface area contributed by atoms with Crippen LogP contribution in [0.3, 0.4) is 0 Å². The first-order valence-electron chi connectivity index (χ1n) is 6.52. The Hall–Kier alpha value is -1.02. The van der Waals surface area contributed by atoms with Crippen molar-refractivity contribution in [3.63, 3.8) is 0 Å². The summed E-state index contributed by atoms with van der Waals surface area (Å²) in [5.74, 6) is -0.405. The van der Waals surface area contributed by atoms with Crippen LogP contribution in [-0.4, -0.2) is 37.0 Å². The summed E-state index contributed by atoms with van der Waals surface area (Å²) in [7, 11) is -3.63. The van der Waals surface area contributed by atoms with Crippen LogP contribution in [0.25, 0.3) is 0 Å². The van der Waals surface area contributed by atoms with E-state index < -0.39 is 28.2 Å². The van der Waals surface area contributed by atoms with Gasteiger partial charge in [0.05, 0.1) is 12.1 Å². The topological polar surface area (TPSA) is 69.6 Å². The molecule has 0 aliphatic rings. The Labute approximate surface area is 119 Å². The fourth-order valence-corrected chi connectivity index (χ4v) is 3.31. The summed E-state index contributed by atoms with van der Waals surface area (Å²) in [5, 5.41) is 10.1. The predicted octanol–water partition coefficient (Wildman–Crippen LogP) is 1.42. The van der Waals surface area contributed by atoms with Gasteiger partial charge in [0.25, 0.3) is 10.2 Å². The number of nitrogens with zero attached hydrogens (tertiary/aromatic N) is 1. The number of rotatable bonds is 7. The number of aliphatic hydroxyl groups is 1. The van der Waals surface area contributed by atoms with Crippen LogP contribution in [0.2, 0.25) is 0 Å². The van der Waals surface area contributed by atoms with Crippen molar-refractivity contribution in [1.29, 1.82) is 0 Å². The molecule has 0 amide bonds. The molecule has 0 aliphatic carbocycles. The van der Waals surface area contributed by atoms with Crippen LogP contribution >= 0.6 is 0 Å². The lowest BCUT2D eigenvalue weighted by Gasteiger charge is -2.25. The van der Waals surface area contributed by atoms with E-state index in [1.807, 2.05) is 0 Å². The Morgan fingerprint density at radius 3 is 2.20 bits per heavy atom. The van der Waals surface area contributed by atoms with Gasteiger partial charge >= 0.3 is 0 Å². The summed E-state index contributed by atoms with van der Waals surface area (Å²) < 4.78 is 40.6. The van der Waals surface area contributed by atoms with Crippen LogP contribution in [0, 0.1) is 5.82 Å². The van der Waals surface area contributed by atoms with E-state index in [1.54, 1.807) is 20.8 Å². The quantitative estimate of drug-likeness (QED) is 0.800. The highest BCUT2D eigenvalue weighted by Crippen LogP contribution is 2.18. The largest absolute Gasteiger partial charge is 0.387 e. The summed E-state index contributed by atoms with van der Waals surface area (Å²) >= 11 is 0. The van der Waals surface area contributed by atoms with E-state index in [-0.39, 0.29) is 0 Å². The van der Waals surface area contributed by atoms with Crippen molar-refractivity contribution < 1.29 is 17.9 Å². The van der Waals surface area contributed by atoms with E-state index in [0.717, 1.165) is 0 Å². The molecule has 114 valence electrons. The van der Waals surface area contributed by atoms with Crippen molar-refractivity contribution in [3.8, 4) is 0 Å². The maximum absolute atomic E-state index is 12.8. The van der Waals surface area contributed by atoms with Gasteiger partial charge in [0.15, 0.2) is 0 Å². The minimum absolute atomic E-state index is 0.352. The molecule has 0 fully saturated rings. The summed E-state index contributed by atoms with van der Waals surface area (Å²) in [6.45, 7) is 5.75. The summed E-state index contributed by atoms with van der Waals surface area (Å²) in [6, 6.07) is 4.60. The molecule has 2 N–H and O–H groups in total. The van der Waals surface area contributed by atoms with Gasteiger partial charge in [0, 0.05) is 13.1 Å². The molecule has 0 aliphatic heterocycles. The van der Waals surface area contributed by atoms with E-state index in [4.69, 9.17) is 0 Å². The molecule has 0 aromatic heterocycles. The molecule has 1 rings (SSSR count). The molecule has 2 atom stereocenters. The monoisotopic (exact) mass is 304 g/mol. The number of hydrogen-bond donors (Lipinski definition) is 2. The molecule has 0 saturated carbocycles. The molecule has 1 aromatic rings. The van der Waals surface area contributed by atoms with Crippen molar-refractivity contribution in [2.75, 3.05) is 13.1 Å². The lowest BCUT2D eigenvalue weighted by molar-refractivity contribution is 0.145. The second kappa shape index (κ2) is 7.12. The van der Waals surface area contributed by atoms with Crippen LogP contribution in [0.1, 0.15) is 32.4 Å².